The van der Waals surface area contributed by atoms with Crippen LogP contribution in [-0.4, -0.2) is 18.6 Å². The molecule has 0 aliphatic rings. The molecule has 5 nitrogen and oxygen atoms in total. The Labute approximate surface area is 108 Å². The fourth-order valence-corrected chi connectivity index (χ4v) is 3.10. The molecule has 0 saturated carbocycles. The van der Waals surface area contributed by atoms with Gasteiger partial charge in [-0.05, 0) is 24.6 Å². The molecular weight excluding hydrogens is 282 g/mol. The van der Waals surface area contributed by atoms with E-state index in [0.29, 0.717) is 5.02 Å². The Morgan fingerprint density at radius 3 is 2.76 bits per heavy atom. The Kier molecular flexibility index (Phi) is 3.32. The molecule has 2 rings (SSSR count). The maximum Gasteiger partial charge on any atom is 0.263 e. The van der Waals surface area contributed by atoms with Gasteiger partial charge in [0.1, 0.15) is 5.51 Å². The van der Waals surface area contributed by atoms with Crippen LogP contribution in [0.4, 0.5) is 5.13 Å². The molecule has 0 bridgehead atoms. The van der Waals surface area contributed by atoms with E-state index in [1.165, 1.54) is 17.6 Å². The second kappa shape index (κ2) is 4.59. The number of hydrogen-bond donors (Lipinski definition) is 1. The predicted octanol–water partition coefficient (Wildman–Crippen LogP) is 2.30. The highest BCUT2D eigenvalue weighted by atomic mass is 35.5. The third-order valence-electron chi connectivity index (χ3n) is 2.04. The van der Waals surface area contributed by atoms with Crippen molar-refractivity contribution in [1.82, 2.24) is 10.2 Å². The van der Waals surface area contributed by atoms with Gasteiger partial charge in [-0.25, -0.2) is 8.42 Å². The lowest BCUT2D eigenvalue weighted by molar-refractivity contribution is 0.601. The first-order valence-electron chi connectivity index (χ1n) is 4.54. The summed E-state index contributed by atoms with van der Waals surface area (Å²) in [7, 11) is -3.65. The number of aryl methyl sites for hydroxylation is 1. The first kappa shape index (κ1) is 12.3. The number of aromatic nitrogens is 2. The van der Waals surface area contributed by atoms with Gasteiger partial charge in [0.05, 0.1) is 4.90 Å². The molecule has 0 fully saturated rings. The van der Waals surface area contributed by atoms with Crippen molar-refractivity contribution >= 4 is 38.1 Å². The molecule has 0 aliphatic heterocycles. The number of anilines is 1. The molecule has 0 atom stereocenters. The van der Waals surface area contributed by atoms with Crippen LogP contribution in [0.2, 0.25) is 5.02 Å². The molecule has 1 heterocycles. The average molecular weight is 290 g/mol. The summed E-state index contributed by atoms with van der Waals surface area (Å²) in [5, 5.41) is 7.79. The van der Waals surface area contributed by atoms with Crippen LogP contribution in [0.25, 0.3) is 0 Å². The second-order valence-electron chi connectivity index (χ2n) is 3.26. The van der Waals surface area contributed by atoms with Crippen LogP contribution >= 0.6 is 22.9 Å². The summed E-state index contributed by atoms with van der Waals surface area (Å²) < 4.78 is 26.2. The second-order valence-corrected chi connectivity index (χ2v) is 6.18. The molecule has 0 unspecified atom stereocenters. The first-order valence-corrected chi connectivity index (χ1v) is 7.28. The van der Waals surface area contributed by atoms with Gasteiger partial charge in [-0.2, -0.15) is 0 Å². The van der Waals surface area contributed by atoms with Gasteiger partial charge >= 0.3 is 0 Å². The van der Waals surface area contributed by atoms with Crippen LogP contribution in [0.3, 0.4) is 0 Å². The predicted molar refractivity (Wildman–Crippen MR) is 66.9 cm³/mol. The molecule has 1 aromatic carbocycles. The van der Waals surface area contributed by atoms with E-state index >= 15 is 0 Å². The quantitative estimate of drug-likeness (QED) is 0.941. The van der Waals surface area contributed by atoms with E-state index in [0.717, 1.165) is 16.9 Å². The summed E-state index contributed by atoms with van der Waals surface area (Å²) in [4.78, 5) is 0.100. The van der Waals surface area contributed by atoms with Gasteiger partial charge in [-0.3, -0.25) is 4.72 Å². The van der Waals surface area contributed by atoms with Crippen LogP contribution in [-0.2, 0) is 10.0 Å². The highest BCUT2D eigenvalue weighted by Gasteiger charge is 2.16. The van der Waals surface area contributed by atoms with E-state index < -0.39 is 10.0 Å². The number of halogens is 1. The van der Waals surface area contributed by atoms with Crippen LogP contribution in [0.5, 0.6) is 0 Å². The lowest BCUT2D eigenvalue weighted by Crippen LogP contribution is -2.12. The Morgan fingerprint density at radius 2 is 2.18 bits per heavy atom. The van der Waals surface area contributed by atoms with Gasteiger partial charge in [0, 0.05) is 5.02 Å². The SMILES string of the molecule is Cc1ccc(S(=O)(=O)Nc2nncs2)cc1Cl. The smallest absolute Gasteiger partial charge is 0.253 e. The maximum atomic E-state index is 11.9. The average Bonchev–Trinajstić information content (AvgIpc) is 2.73. The fraction of sp³-hybridized carbons (Fsp3) is 0.111. The Balaban J connectivity index is 2.35. The van der Waals surface area contributed by atoms with Crippen LogP contribution in [0.1, 0.15) is 5.56 Å². The molecule has 90 valence electrons. The maximum absolute atomic E-state index is 11.9. The summed E-state index contributed by atoms with van der Waals surface area (Å²) in [5.74, 6) is 0. The van der Waals surface area contributed by atoms with Crippen molar-refractivity contribution in [3.05, 3.63) is 34.3 Å². The number of nitrogens with one attached hydrogen (secondary N) is 1. The van der Waals surface area contributed by atoms with Gasteiger partial charge in [-0.15, -0.1) is 10.2 Å². The molecular formula is C9H8ClN3O2S2. The van der Waals surface area contributed by atoms with Crippen molar-refractivity contribution in [3.63, 3.8) is 0 Å². The van der Waals surface area contributed by atoms with E-state index in [2.05, 4.69) is 14.9 Å². The highest BCUT2D eigenvalue weighted by molar-refractivity contribution is 7.93. The summed E-state index contributed by atoms with van der Waals surface area (Å²) >= 11 is 6.99. The van der Waals surface area contributed by atoms with E-state index in [1.807, 2.05) is 0 Å². The van der Waals surface area contributed by atoms with Gasteiger partial charge in [-0.1, -0.05) is 29.0 Å². The molecule has 0 radical (unpaired) electrons. The molecule has 8 heteroatoms. The lowest BCUT2D eigenvalue weighted by atomic mass is 10.2. The topological polar surface area (TPSA) is 72.0 Å². The molecule has 2 aromatic rings. The highest BCUT2D eigenvalue weighted by Crippen LogP contribution is 2.22. The van der Waals surface area contributed by atoms with Gasteiger partial charge in [0.2, 0.25) is 5.13 Å². The molecule has 0 amide bonds. The minimum atomic E-state index is -3.65. The number of sulfonamides is 1. The summed E-state index contributed by atoms with van der Waals surface area (Å²) in [6.07, 6.45) is 0. The third kappa shape index (κ3) is 2.74. The zero-order valence-electron chi connectivity index (χ0n) is 8.71. The Morgan fingerprint density at radius 1 is 1.41 bits per heavy atom. The van der Waals surface area contributed by atoms with E-state index in [4.69, 9.17) is 11.6 Å². The molecule has 0 spiro atoms. The minimum absolute atomic E-state index is 0.100. The monoisotopic (exact) mass is 289 g/mol. The van der Waals surface area contributed by atoms with Crippen molar-refractivity contribution in [2.24, 2.45) is 0 Å². The minimum Gasteiger partial charge on any atom is -0.253 e. The van der Waals surface area contributed by atoms with E-state index in [1.54, 1.807) is 13.0 Å². The lowest BCUT2D eigenvalue weighted by Gasteiger charge is -2.06. The van der Waals surface area contributed by atoms with Crippen LogP contribution in [0, 0.1) is 6.92 Å². The largest absolute Gasteiger partial charge is 0.263 e. The fourth-order valence-electron chi connectivity index (χ4n) is 1.13. The number of benzene rings is 1. The molecule has 17 heavy (non-hydrogen) atoms. The number of nitrogens with zero attached hydrogens (tertiary/aromatic N) is 2. The Hall–Kier alpha value is -1.18. The zero-order chi connectivity index (χ0) is 12.5. The summed E-state index contributed by atoms with van der Waals surface area (Å²) in [6, 6.07) is 4.54. The van der Waals surface area contributed by atoms with Gasteiger partial charge < -0.3 is 0 Å². The number of rotatable bonds is 3. The molecule has 0 saturated heterocycles. The third-order valence-corrected chi connectivity index (χ3v) is 4.51. The van der Waals surface area contributed by atoms with Crippen LogP contribution in [0.15, 0.2) is 28.6 Å². The summed E-state index contributed by atoms with van der Waals surface area (Å²) in [5.41, 5.74) is 2.27. The standard InChI is InChI=1S/C9H8ClN3O2S2/c1-6-2-3-7(4-8(6)10)17(14,15)13-9-12-11-5-16-9/h2-5H,1H3,(H,12,13). The molecule has 1 aromatic heterocycles. The molecule has 1 N–H and O–H groups in total. The van der Waals surface area contributed by atoms with Crippen molar-refractivity contribution in [2.45, 2.75) is 11.8 Å². The number of hydrogen-bond acceptors (Lipinski definition) is 5. The van der Waals surface area contributed by atoms with Crippen molar-refractivity contribution < 1.29 is 8.42 Å². The first-order chi connectivity index (χ1) is 7.99. The van der Waals surface area contributed by atoms with Gasteiger partial charge in [0.15, 0.2) is 0 Å². The van der Waals surface area contributed by atoms with Crippen molar-refractivity contribution in [3.8, 4) is 0 Å². The zero-order valence-corrected chi connectivity index (χ0v) is 11.1. The van der Waals surface area contributed by atoms with Crippen LogP contribution < -0.4 is 4.72 Å². The van der Waals surface area contributed by atoms with E-state index in [9.17, 15) is 8.42 Å². The van der Waals surface area contributed by atoms with Crippen molar-refractivity contribution in [2.75, 3.05) is 4.72 Å². The van der Waals surface area contributed by atoms with E-state index in [-0.39, 0.29) is 10.0 Å². The van der Waals surface area contributed by atoms with Gasteiger partial charge in [0.25, 0.3) is 10.0 Å². The van der Waals surface area contributed by atoms with Crippen molar-refractivity contribution in [1.29, 1.82) is 0 Å². The normalized spacial score (nSPS) is 11.4. The summed E-state index contributed by atoms with van der Waals surface area (Å²) in [6.45, 7) is 1.80. The Bertz CT molecular complexity index is 626. The molecule has 0 aliphatic carbocycles.